The van der Waals surface area contributed by atoms with Gasteiger partial charge in [0.2, 0.25) is 0 Å². The van der Waals surface area contributed by atoms with Crippen molar-refractivity contribution in [2.24, 2.45) is 4.99 Å². The first-order valence-electron chi connectivity index (χ1n) is 11.7. The fourth-order valence-electron chi connectivity index (χ4n) is 4.45. The van der Waals surface area contributed by atoms with E-state index in [4.69, 9.17) is 4.99 Å². The summed E-state index contributed by atoms with van der Waals surface area (Å²) in [5, 5.41) is 0. The molecule has 0 N–H and O–H groups in total. The van der Waals surface area contributed by atoms with Crippen LogP contribution in [0.2, 0.25) is 0 Å². The lowest BCUT2D eigenvalue weighted by Crippen LogP contribution is -2.48. The Morgan fingerprint density at radius 1 is 1.00 bits per heavy atom. The highest BCUT2D eigenvalue weighted by Gasteiger charge is 2.25. The van der Waals surface area contributed by atoms with Crippen molar-refractivity contribution < 1.29 is 14.6 Å². The molecular formula is C27H27N4O3S+. The normalized spacial score (nSPS) is 15.0. The summed E-state index contributed by atoms with van der Waals surface area (Å²) in [6, 6.07) is 21.5. The molecule has 8 heteroatoms. The van der Waals surface area contributed by atoms with E-state index in [0.29, 0.717) is 29.3 Å². The van der Waals surface area contributed by atoms with Crippen molar-refractivity contribution in [3.05, 3.63) is 82.8 Å². The summed E-state index contributed by atoms with van der Waals surface area (Å²) < 4.78 is 0. The summed E-state index contributed by atoms with van der Waals surface area (Å²) in [4.78, 5) is 41.4. The van der Waals surface area contributed by atoms with Crippen LogP contribution in [0.4, 0.5) is 17.1 Å². The minimum atomic E-state index is 0.0323. The monoisotopic (exact) mass is 487 g/mol. The zero-order valence-electron chi connectivity index (χ0n) is 19.8. The van der Waals surface area contributed by atoms with E-state index in [1.54, 1.807) is 23.9 Å². The van der Waals surface area contributed by atoms with Gasteiger partial charge < -0.3 is 9.80 Å². The molecule has 0 spiro atoms. The molecule has 178 valence electrons. The Labute approximate surface area is 208 Å². The molecule has 5 rings (SSSR count). The number of nitrogens with zero attached hydrogens (tertiary/aromatic N) is 4. The number of anilines is 1. The molecule has 0 unspecified atom stereocenters. The molecule has 7 nitrogen and oxygen atoms in total. The standard InChI is InChI=1S/C27H27N4O3S/c1-3-23-22-6-4-5-7-25(22)35-26-13-8-19(18-24(26)28-23)27(32)30-16-14-29(15-17-30)20-9-11-21(12-10-20)31(33)34-2/h4-13,18H,3,14-17H2,1-2H3/q+1. The number of benzene rings is 3. The van der Waals surface area contributed by atoms with Crippen LogP contribution in [0.25, 0.3) is 0 Å². The lowest BCUT2D eigenvalue weighted by molar-refractivity contribution is -0.736. The second-order valence-electron chi connectivity index (χ2n) is 8.43. The average Bonchev–Trinajstić information content (AvgIpc) is 3.08. The number of carbonyl (C=O) groups is 1. The minimum absolute atomic E-state index is 0.0323. The Bertz CT molecular complexity index is 1300. The van der Waals surface area contributed by atoms with E-state index in [0.717, 1.165) is 41.5 Å². The summed E-state index contributed by atoms with van der Waals surface area (Å²) in [5.41, 5.74) is 5.20. The number of hydrogen-bond donors (Lipinski definition) is 0. The van der Waals surface area contributed by atoms with Crippen molar-refractivity contribution in [1.82, 2.24) is 4.90 Å². The van der Waals surface area contributed by atoms with Gasteiger partial charge in [-0.2, -0.15) is 0 Å². The third-order valence-corrected chi connectivity index (χ3v) is 7.51. The number of carbonyl (C=O) groups excluding carboxylic acids is 1. The van der Waals surface area contributed by atoms with E-state index in [-0.39, 0.29) is 5.91 Å². The Hall–Kier alpha value is -3.65. The first-order chi connectivity index (χ1) is 17.1. The Balaban J connectivity index is 1.29. The number of piperazine rings is 1. The van der Waals surface area contributed by atoms with Crippen LogP contribution in [0.15, 0.2) is 81.5 Å². The summed E-state index contributed by atoms with van der Waals surface area (Å²) >= 11 is 1.70. The van der Waals surface area contributed by atoms with Crippen LogP contribution in [-0.2, 0) is 4.84 Å². The third kappa shape index (κ3) is 4.66. The maximum atomic E-state index is 13.3. The zero-order valence-corrected chi connectivity index (χ0v) is 20.6. The highest BCUT2D eigenvalue weighted by Crippen LogP contribution is 2.41. The molecule has 3 aromatic rings. The van der Waals surface area contributed by atoms with Gasteiger partial charge >= 0.3 is 5.69 Å². The molecular weight excluding hydrogens is 460 g/mol. The molecule has 2 heterocycles. The van der Waals surface area contributed by atoms with Crippen LogP contribution in [-0.4, -0.2) is 54.7 Å². The van der Waals surface area contributed by atoms with Gasteiger partial charge in [0.05, 0.1) is 10.6 Å². The Morgan fingerprint density at radius 2 is 1.74 bits per heavy atom. The predicted octanol–water partition coefficient (Wildman–Crippen LogP) is 5.62. The molecule has 0 aliphatic carbocycles. The van der Waals surface area contributed by atoms with Crippen LogP contribution >= 0.6 is 11.8 Å². The first-order valence-corrected chi connectivity index (χ1v) is 12.5. The molecule has 1 amide bonds. The van der Waals surface area contributed by atoms with Gasteiger partial charge in [-0.1, -0.05) is 36.9 Å². The van der Waals surface area contributed by atoms with Gasteiger partial charge in [0.25, 0.3) is 10.8 Å². The molecule has 0 bridgehead atoms. The van der Waals surface area contributed by atoms with E-state index in [1.807, 2.05) is 47.4 Å². The van der Waals surface area contributed by atoms with Crippen molar-refractivity contribution in [3.63, 3.8) is 0 Å². The van der Waals surface area contributed by atoms with Crippen LogP contribution in [0.1, 0.15) is 29.3 Å². The maximum Gasteiger partial charge on any atom is 0.316 e. The van der Waals surface area contributed by atoms with Crippen molar-refractivity contribution in [3.8, 4) is 0 Å². The zero-order chi connectivity index (χ0) is 24.4. The summed E-state index contributed by atoms with van der Waals surface area (Å²) in [5.74, 6) is 0.0323. The number of aliphatic imine (C=N–C) groups is 1. The quantitative estimate of drug-likeness (QED) is 0.437. The highest BCUT2D eigenvalue weighted by atomic mass is 32.2. The Morgan fingerprint density at radius 3 is 2.46 bits per heavy atom. The van der Waals surface area contributed by atoms with E-state index >= 15 is 0 Å². The highest BCUT2D eigenvalue weighted by molar-refractivity contribution is 7.99. The second kappa shape index (κ2) is 9.92. The summed E-state index contributed by atoms with van der Waals surface area (Å²) in [7, 11) is 1.34. The number of amides is 1. The first kappa shape index (κ1) is 23.1. The molecule has 0 atom stereocenters. The molecule has 1 saturated heterocycles. The smallest absolute Gasteiger partial charge is 0.316 e. The van der Waals surface area contributed by atoms with Crippen molar-refractivity contribution in [2.75, 3.05) is 38.2 Å². The molecule has 2 aliphatic rings. The predicted molar refractivity (Wildman–Crippen MR) is 138 cm³/mol. The average molecular weight is 488 g/mol. The second-order valence-corrected chi connectivity index (χ2v) is 9.51. The summed E-state index contributed by atoms with van der Waals surface area (Å²) in [6.07, 6.45) is 0.830. The van der Waals surface area contributed by atoms with E-state index in [9.17, 15) is 9.70 Å². The fraction of sp³-hybridized carbons (Fsp3) is 0.259. The van der Waals surface area contributed by atoms with Gasteiger partial charge in [0.15, 0.2) is 7.11 Å². The SMILES string of the molecule is CCC1=Nc2cc(C(=O)N3CCN(c4ccc([N+](=O)OC)cc4)CC3)ccc2Sc2ccccc21. The van der Waals surface area contributed by atoms with Gasteiger partial charge in [0, 0.05) is 70.6 Å². The van der Waals surface area contributed by atoms with E-state index < -0.39 is 0 Å². The van der Waals surface area contributed by atoms with Gasteiger partial charge in [-0.15, -0.1) is 0 Å². The number of fused-ring (bicyclic) bond motifs is 2. The number of hydrogen-bond acceptors (Lipinski definition) is 6. The lowest BCUT2D eigenvalue weighted by Gasteiger charge is -2.36. The van der Waals surface area contributed by atoms with Gasteiger partial charge in [0.1, 0.15) is 0 Å². The van der Waals surface area contributed by atoms with Crippen molar-refractivity contribution in [2.45, 2.75) is 23.1 Å². The largest absolute Gasteiger partial charge is 0.368 e. The molecule has 0 saturated carbocycles. The molecule has 35 heavy (non-hydrogen) atoms. The molecule has 2 aliphatic heterocycles. The molecule has 0 aromatic heterocycles. The maximum absolute atomic E-state index is 13.3. The van der Waals surface area contributed by atoms with Gasteiger partial charge in [-0.25, -0.2) is 4.84 Å². The lowest BCUT2D eigenvalue weighted by atomic mass is 10.1. The molecule has 1 fully saturated rings. The topological polar surface area (TPSA) is 65.2 Å². The van der Waals surface area contributed by atoms with E-state index in [1.165, 1.54) is 17.6 Å². The molecule has 3 aromatic carbocycles. The van der Waals surface area contributed by atoms with Crippen LogP contribution in [0.5, 0.6) is 0 Å². The number of rotatable bonds is 5. The van der Waals surface area contributed by atoms with Crippen LogP contribution < -0.4 is 4.90 Å². The Kier molecular flexibility index (Phi) is 6.55. The minimum Gasteiger partial charge on any atom is -0.368 e. The third-order valence-electron chi connectivity index (χ3n) is 6.37. The van der Waals surface area contributed by atoms with E-state index in [2.05, 4.69) is 28.8 Å². The van der Waals surface area contributed by atoms with Crippen molar-refractivity contribution >= 4 is 40.4 Å². The fourth-order valence-corrected chi connectivity index (χ4v) is 5.48. The van der Waals surface area contributed by atoms with Crippen molar-refractivity contribution in [1.29, 1.82) is 0 Å². The van der Waals surface area contributed by atoms with Crippen LogP contribution in [0.3, 0.4) is 0 Å². The summed E-state index contributed by atoms with van der Waals surface area (Å²) in [6.45, 7) is 4.83. The molecule has 0 radical (unpaired) electrons. The van der Waals surface area contributed by atoms with Gasteiger partial charge in [-0.3, -0.25) is 9.79 Å². The van der Waals surface area contributed by atoms with Gasteiger partial charge in [-0.05, 0) is 42.8 Å². The van der Waals surface area contributed by atoms with Crippen LogP contribution in [0, 0.1) is 4.91 Å².